The Bertz CT molecular complexity index is 1280. The summed E-state index contributed by atoms with van der Waals surface area (Å²) in [7, 11) is 3.07. The Hall–Kier alpha value is -4.21. The summed E-state index contributed by atoms with van der Waals surface area (Å²) in [5, 5.41) is 11.6. The van der Waals surface area contributed by atoms with Gasteiger partial charge in [0.15, 0.2) is 0 Å². The average Bonchev–Trinajstić information content (AvgIpc) is 3.02. The molecule has 10 heteroatoms. The maximum Gasteiger partial charge on any atom is 0.414 e. The highest BCUT2D eigenvalue weighted by Gasteiger charge is 2.20. The number of allylic oxidation sites excluding steroid dienone is 5. The van der Waals surface area contributed by atoms with Crippen LogP contribution >= 0.6 is 0 Å². The lowest BCUT2D eigenvalue weighted by atomic mass is 9.96. The van der Waals surface area contributed by atoms with E-state index < -0.39 is 22.6 Å². The van der Waals surface area contributed by atoms with Crippen molar-refractivity contribution in [3.8, 4) is 5.75 Å². The van der Waals surface area contributed by atoms with Gasteiger partial charge in [-0.15, -0.1) is 0 Å². The van der Waals surface area contributed by atoms with E-state index in [-0.39, 0.29) is 48.5 Å². The number of hydrogen-bond donors (Lipinski definition) is 0. The molecule has 0 saturated heterocycles. The van der Waals surface area contributed by atoms with Gasteiger partial charge < -0.3 is 18.8 Å². The highest BCUT2D eigenvalue weighted by Crippen LogP contribution is 2.27. The number of nitro groups is 1. The van der Waals surface area contributed by atoms with E-state index in [1.807, 2.05) is 0 Å². The van der Waals surface area contributed by atoms with Crippen LogP contribution < -0.4 is 10.4 Å². The fraction of sp³-hybridized carbons (Fsp3) is 0.292. The molecule has 1 heterocycles. The minimum Gasteiger partial charge on any atom is -0.466 e. The second-order valence-electron chi connectivity index (χ2n) is 7.68. The van der Waals surface area contributed by atoms with Crippen molar-refractivity contribution in [1.29, 1.82) is 0 Å². The largest absolute Gasteiger partial charge is 0.466 e. The number of esters is 1. The Morgan fingerprint density at radius 1 is 1.24 bits per heavy atom. The third-order valence-electron chi connectivity index (χ3n) is 5.08. The van der Waals surface area contributed by atoms with Crippen LogP contribution in [0.25, 0.3) is 11.0 Å². The molecule has 0 aliphatic heterocycles. The van der Waals surface area contributed by atoms with Crippen LogP contribution in [0.15, 0.2) is 63.0 Å². The zero-order chi connectivity index (χ0) is 24.8. The Labute approximate surface area is 194 Å². The van der Waals surface area contributed by atoms with Gasteiger partial charge in [0, 0.05) is 43.6 Å². The summed E-state index contributed by atoms with van der Waals surface area (Å²) in [5.41, 5.74) is 0.864. The Kier molecular flexibility index (Phi) is 7.62. The predicted octanol–water partition coefficient (Wildman–Crippen LogP) is 3.55. The van der Waals surface area contributed by atoms with Crippen molar-refractivity contribution in [2.75, 3.05) is 20.7 Å². The van der Waals surface area contributed by atoms with Crippen molar-refractivity contribution in [3.05, 3.63) is 85.4 Å². The molecule has 1 aliphatic rings. The van der Waals surface area contributed by atoms with E-state index in [4.69, 9.17) is 13.9 Å². The molecule has 3 rings (SSSR count). The van der Waals surface area contributed by atoms with Crippen LogP contribution in [0.3, 0.4) is 0 Å². The fourth-order valence-electron chi connectivity index (χ4n) is 3.40. The third kappa shape index (κ3) is 5.77. The quantitative estimate of drug-likeness (QED) is 0.261. The van der Waals surface area contributed by atoms with Crippen LogP contribution in [0.1, 0.15) is 24.5 Å². The molecule has 178 valence electrons. The van der Waals surface area contributed by atoms with Gasteiger partial charge in [0.05, 0.1) is 24.4 Å². The monoisotopic (exact) mass is 468 g/mol. The van der Waals surface area contributed by atoms with Gasteiger partial charge in [0.25, 0.3) is 0 Å². The lowest BCUT2D eigenvalue weighted by molar-refractivity contribution is -0.426. The van der Waals surface area contributed by atoms with Gasteiger partial charge in [-0.1, -0.05) is 18.2 Å². The molecular formula is C24H24N2O8. The van der Waals surface area contributed by atoms with Crippen LogP contribution in [0, 0.1) is 10.1 Å². The van der Waals surface area contributed by atoms with Crippen LogP contribution in [-0.2, 0) is 22.4 Å². The van der Waals surface area contributed by atoms with Gasteiger partial charge in [-0.2, -0.15) is 0 Å². The van der Waals surface area contributed by atoms with Gasteiger partial charge in [0.2, 0.25) is 5.70 Å². The molecule has 1 aromatic carbocycles. The molecule has 0 N–H and O–H groups in total. The normalized spacial score (nSPS) is 13.0. The van der Waals surface area contributed by atoms with Crippen molar-refractivity contribution in [2.45, 2.75) is 26.2 Å². The number of carbonyl (C=O) groups is 2. The van der Waals surface area contributed by atoms with Gasteiger partial charge in [0.1, 0.15) is 11.3 Å². The van der Waals surface area contributed by atoms with Gasteiger partial charge in [-0.05, 0) is 30.2 Å². The number of amides is 1. The summed E-state index contributed by atoms with van der Waals surface area (Å²) in [6.45, 7) is 1.87. The number of benzene rings is 1. The molecule has 1 aliphatic carbocycles. The molecule has 0 fully saturated rings. The Morgan fingerprint density at radius 3 is 2.68 bits per heavy atom. The summed E-state index contributed by atoms with van der Waals surface area (Å²) in [6, 6.07) is 4.56. The fourth-order valence-corrected chi connectivity index (χ4v) is 3.40. The van der Waals surface area contributed by atoms with Crippen LogP contribution in [0.2, 0.25) is 0 Å². The summed E-state index contributed by atoms with van der Waals surface area (Å²) in [4.78, 5) is 49.0. The number of nitrogens with zero attached hydrogens (tertiary/aromatic N) is 2. The SMILES string of the molecule is CCOC(=O)Cc1c(CC2=CCC([N+](=O)[O-])=CC=C2)c(=O)oc2cc(OC(=O)N(C)C)ccc12. The summed E-state index contributed by atoms with van der Waals surface area (Å²) < 4.78 is 15.8. The van der Waals surface area contributed by atoms with E-state index in [0.717, 1.165) is 0 Å². The third-order valence-corrected chi connectivity index (χ3v) is 5.08. The first-order valence-electron chi connectivity index (χ1n) is 10.5. The molecule has 10 nitrogen and oxygen atoms in total. The molecule has 0 radical (unpaired) electrons. The average molecular weight is 468 g/mol. The van der Waals surface area contributed by atoms with E-state index in [0.29, 0.717) is 16.5 Å². The Morgan fingerprint density at radius 2 is 2.00 bits per heavy atom. The molecule has 0 saturated carbocycles. The standard InChI is InChI=1S/C24H24N2O8/c1-4-32-22(27)14-19-18-11-10-17(33-24(29)25(2)3)13-21(18)34-23(28)20(19)12-15-6-5-7-16(9-8-15)26(30)31/h5-8,10-11,13H,4,9,12,14H2,1-3H3. The van der Waals surface area contributed by atoms with Gasteiger partial charge in [-0.3, -0.25) is 14.9 Å². The number of fused-ring (bicyclic) bond motifs is 1. The van der Waals surface area contributed by atoms with Crippen molar-refractivity contribution in [2.24, 2.45) is 0 Å². The molecular weight excluding hydrogens is 444 g/mol. The maximum absolute atomic E-state index is 13.0. The van der Waals surface area contributed by atoms with Gasteiger partial charge >= 0.3 is 17.7 Å². The maximum atomic E-state index is 13.0. The molecule has 0 atom stereocenters. The smallest absolute Gasteiger partial charge is 0.414 e. The number of rotatable bonds is 7. The van der Waals surface area contributed by atoms with Crippen LogP contribution in [0.5, 0.6) is 5.75 Å². The zero-order valence-electron chi connectivity index (χ0n) is 19.0. The van der Waals surface area contributed by atoms with Crippen molar-refractivity contribution in [3.63, 3.8) is 0 Å². The first-order chi connectivity index (χ1) is 16.2. The summed E-state index contributed by atoms with van der Waals surface area (Å²) >= 11 is 0. The number of hydrogen-bond acceptors (Lipinski definition) is 8. The first-order valence-corrected chi connectivity index (χ1v) is 10.5. The van der Waals surface area contributed by atoms with Crippen molar-refractivity contribution < 1.29 is 28.4 Å². The van der Waals surface area contributed by atoms with E-state index in [2.05, 4.69) is 0 Å². The predicted molar refractivity (Wildman–Crippen MR) is 123 cm³/mol. The Balaban J connectivity index is 2.05. The molecule has 34 heavy (non-hydrogen) atoms. The number of carbonyl (C=O) groups excluding carboxylic acids is 2. The highest BCUT2D eigenvalue weighted by atomic mass is 16.6. The van der Waals surface area contributed by atoms with Crippen molar-refractivity contribution in [1.82, 2.24) is 4.90 Å². The lowest BCUT2D eigenvalue weighted by Gasteiger charge is -2.14. The van der Waals surface area contributed by atoms with Crippen LogP contribution in [0.4, 0.5) is 4.79 Å². The minimum absolute atomic E-state index is 0.0309. The second kappa shape index (κ2) is 10.6. The highest BCUT2D eigenvalue weighted by molar-refractivity contribution is 5.87. The van der Waals surface area contributed by atoms with Gasteiger partial charge in [-0.25, -0.2) is 9.59 Å². The van der Waals surface area contributed by atoms with Crippen LogP contribution in [-0.4, -0.2) is 42.6 Å². The summed E-state index contributed by atoms with van der Waals surface area (Å²) in [6.07, 6.45) is 5.75. The topological polar surface area (TPSA) is 129 Å². The number of ether oxygens (including phenoxy) is 2. The molecule has 0 bridgehead atoms. The second-order valence-corrected chi connectivity index (χ2v) is 7.68. The molecule has 2 aromatic rings. The molecule has 0 unspecified atom stereocenters. The van der Waals surface area contributed by atoms with E-state index in [1.165, 1.54) is 31.1 Å². The molecule has 0 spiro atoms. The molecule has 1 aromatic heterocycles. The van der Waals surface area contributed by atoms with E-state index >= 15 is 0 Å². The van der Waals surface area contributed by atoms with E-state index in [9.17, 15) is 24.5 Å². The van der Waals surface area contributed by atoms with Crippen molar-refractivity contribution >= 4 is 23.0 Å². The first kappa shape index (κ1) is 24.4. The lowest BCUT2D eigenvalue weighted by Crippen LogP contribution is -2.25. The van der Waals surface area contributed by atoms with E-state index in [1.54, 1.807) is 37.3 Å². The molecule has 1 amide bonds. The minimum atomic E-state index is -0.663. The zero-order valence-corrected chi connectivity index (χ0v) is 19.0. The summed E-state index contributed by atoms with van der Waals surface area (Å²) in [5.74, 6) is -0.335.